The number of hydrogen-bond donors (Lipinski definition) is 1. The van der Waals surface area contributed by atoms with Crippen molar-refractivity contribution in [2.24, 2.45) is 5.41 Å². The molecular weight excluding hydrogens is 210 g/mol. The molecule has 90 valence electrons. The van der Waals surface area contributed by atoms with Gasteiger partial charge in [0.1, 0.15) is 9.84 Å². The zero-order valence-corrected chi connectivity index (χ0v) is 10.9. The zero-order valence-electron chi connectivity index (χ0n) is 10.0. The number of rotatable bonds is 7. The van der Waals surface area contributed by atoms with E-state index in [0.29, 0.717) is 11.8 Å². The first-order valence-corrected chi connectivity index (χ1v) is 7.60. The van der Waals surface area contributed by atoms with Crippen molar-refractivity contribution in [2.45, 2.75) is 46.1 Å². The molecule has 0 aromatic heterocycles. The Kier molecular flexibility index (Phi) is 4.18. The predicted octanol–water partition coefficient (Wildman–Crippen LogP) is 1.59. The summed E-state index contributed by atoms with van der Waals surface area (Å²) in [5.74, 6) is 0.585. The van der Waals surface area contributed by atoms with Gasteiger partial charge in [0, 0.05) is 18.3 Å². The van der Waals surface area contributed by atoms with Crippen molar-refractivity contribution in [3.63, 3.8) is 0 Å². The molecule has 0 aliphatic heterocycles. The minimum absolute atomic E-state index is 0.0881. The van der Waals surface area contributed by atoms with Gasteiger partial charge < -0.3 is 5.32 Å². The van der Waals surface area contributed by atoms with Crippen LogP contribution in [-0.2, 0) is 9.84 Å². The molecule has 0 bridgehead atoms. The number of sulfone groups is 1. The third-order valence-electron chi connectivity index (χ3n) is 2.98. The van der Waals surface area contributed by atoms with E-state index >= 15 is 0 Å². The summed E-state index contributed by atoms with van der Waals surface area (Å²) in [5.41, 5.74) is 0.0881. The average molecular weight is 233 g/mol. The molecule has 3 nitrogen and oxygen atoms in total. The van der Waals surface area contributed by atoms with E-state index in [1.165, 1.54) is 12.8 Å². The normalized spacial score (nSPS) is 18.1. The fourth-order valence-electron chi connectivity index (χ4n) is 1.37. The maximum Gasteiger partial charge on any atom is 0.150 e. The highest BCUT2D eigenvalue weighted by Crippen LogP contribution is 2.24. The van der Waals surface area contributed by atoms with E-state index in [0.717, 1.165) is 13.0 Å². The highest BCUT2D eigenvalue weighted by atomic mass is 32.2. The maximum absolute atomic E-state index is 11.4. The van der Waals surface area contributed by atoms with E-state index in [1.54, 1.807) is 6.92 Å². The van der Waals surface area contributed by atoms with Crippen molar-refractivity contribution in [1.29, 1.82) is 0 Å². The van der Waals surface area contributed by atoms with E-state index in [-0.39, 0.29) is 11.2 Å². The summed E-state index contributed by atoms with van der Waals surface area (Å²) in [6.45, 7) is 6.91. The summed E-state index contributed by atoms with van der Waals surface area (Å²) in [6.07, 6.45) is 3.32. The standard InChI is InChI=1S/C11H23NO2S/c1-4-15(13,14)8-7-11(2,3)9-12-10-5-6-10/h10,12H,4-9H2,1-3H3. The first-order valence-electron chi connectivity index (χ1n) is 5.78. The lowest BCUT2D eigenvalue weighted by molar-refractivity contribution is 0.327. The van der Waals surface area contributed by atoms with Gasteiger partial charge in [-0.2, -0.15) is 0 Å². The van der Waals surface area contributed by atoms with Crippen molar-refractivity contribution in [2.75, 3.05) is 18.1 Å². The molecule has 0 radical (unpaired) electrons. The van der Waals surface area contributed by atoms with Crippen LogP contribution in [0, 0.1) is 5.41 Å². The molecule has 15 heavy (non-hydrogen) atoms. The smallest absolute Gasteiger partial charge is 0.150 e. The van der Waals surface area contributed by atoms with Crippen LogP contribution in [0.25, 0.3) is 0 Å². The second-order valence-electron chi connectivity index (χ2n) is 5.31. The Morgan fingerprint density at radius 3 is 2.40 bits per heavy atom. The first kappa shape index (κ1) is 13.0. The third kappa shape index (κ3) is 5.52. The van der Waals surface area contributed by atoms with Gasteiger partial charge in [-0.25, -0.2) is 8.42 Å². The molecule has 1 rings (SSSR count). The minimum Gasteiger partial charge on any atom is -0.313 e. The highest BCUT2D eigenvalue weighted by Gasteiger charge is 2.26. The van der Waals surface area contributed by atoms with Crippen LogP contribution in [0.15, 0.2) is 0 Å². The fraction of sp³-hybridized carbons (Fsp3) is 1.00. The predicted molar refractivity (Wildman–Crippen MR) is 63.8 cm³/mol. The molecule has 1 saturated carbocycles. The average Bonchev–Trinajstić information content (AvgIpc) is 2.96. The van der Waals surface area contributed by atoms with Gasteiger partial charge in [-0.1, -0.05) is 20.8 Å². The van der Waals surface area contributed by atoms with Gasteiger partial charge in [-0.15, -0.1) is 0 Å². The van der Waals surface area contributed by atoms with Gasteiger partial charge in [-0.3, -0.25) is 0 Å². The maximum atomic E-state index is 11.4. The topological polar surface area (TPSA) is 46.2 Å². The van der Waals surface area contributed by atoms with Gasteiger partial charge in [-0.05, 0) is 24.7 Å². The molecule has 1 N–H and O–H groups in total. The van der Waals surface area contributed by atoms with Crippen LogP contribution >= 0.6 is 0 Å². The van der Waals surface area contributed by atoms with Crippen LogP contribution in [0.5, 0.6) is 0 Å². The summed E-state index contributed by atoms with van der Waals surface area (Å²) < 4.78 is 22.8. The number of nitrogens with one attached hydrogen (secondary N) is 1. The van der Waals surface area contributed by atoms with Crippen molar-refractivity contribution in [1.82, 2.24) is 5.32 Å². The molecule has 1 aliphatic carbocycles. The minimum atomic E-state index is -2.80. The lowest BCUT2D eigenvalue weighted by Gasteiger charge is -2.24. The molecule has 0 spiro atoms. The lowest BCUT2D eigenvalue weighted by Crippen LogP contribution is -2.32. The Morgan fingerprint density at radius 2 is 1.93 bits per heavy atom. The van der Waals surface area contributed by atoms with E-state index in [2.05, 4.69) is 19.2 Å². The van der Waals surface area contributed by atoms with Crippen LogP contribution < -0.4 is 5.32 Å². The highest BCUT2D eigenvalue weighted by molar-refractivity contribution is 7.91. The van der Waals surface area contributed by atoms with Crippen LogP contribution in [0.2, 0.25) is 0 Å². The van der Waals surface area contributed by atoms with Crippen molar-refractivity contribution in [3.8, 4) is 0 Å². The van der Waals surface area contributed by atoms with Gasteiger partial charge in [0.25, 0.3) is 0 Å². The van der Waals surface area contributed by atoms with Crippen LogP contribution in [0.4, 0.5) is 0 Å². The quantitative estimate of drug-likeness (QED) is 0.726. The van der Waals surface area contributed by atoms with Crippen LogP contribution in [0.3, 0.4) is 0 Å². The Morgan fingerprint density at radius 1 is 1.33 bits per heavy atom. The Balaban J connectivity index is 2.27. The molecule has 0 amide bonds. The van der Waals surface area contributed by atoms with Crippen LogP contribution in [-0.4, -0.2) is 32.5 Å². The summed E-state index contributed by atoms with van der Waals surface area (Å²) in [6, 6.07) is 0.701. The lowest BCUT2D eigenvalue weighted by atomic mass is 9.90. The second kappa shape index (κ2) is 4.83. The number of hydrogen-bond acceptors (Lipinski definition) is 3. The fourth-order valence-corrected chi connectivity index (χ4v) is 2.52. The molecule has 0 atom stereocenters. The third-order valence-corrected chi connectivity index (χ3v) is 4.68. The molecule has 0 aromatic carbocycles. The van der Waals surface area contributed by atoms with Gasteiger partial charge in [0.2, 0.25) is 0 Å². The molecule has 0 saturated heterocycles. The Labute approximate surface area is 93.6 Å². The molecular formula is C11H23NO2S. The van der Waals surface area contributed by atoms with Gasteiger partial charge in [0.05, 0.1) is 5.75 Å². The van der Waals surface area contributed by atoms with E-state index < -0.39 is 9.84 Å². The van der Waals surface area contributed by atoms with E-state index in [9.17, 15) is 8.42 Å². The van der Waals surface area contributed by atoms with E-state index in [4.69, 9.17) is 0 Å². The van der Waals surface area contributed by atoms with Gasteiger partial charge >= 0.3 is 0 Å². The Hall–Kier alpha value is -0.0900. The van der Waals surface area contributed by atoms with Crippen molar-refractivity contribution in [3.05, 3.63) is 0 Å². The zero-order chi connectivity index (χ0) is 11.5. The molecule has 0 unspecified atom stereocenters. The molecule has 1 fully saturated rings. The second-order valence-corrected chi connectivity index (χ2v) is 7.78. The molecule has 0 heterocycles. The first-order chi connectivity index (χ1) is 6.85. The van der Waals surface area contributed by atoms with Crippen LogP contribution in [0.1, 0.15) is 40.0 Å². The molecule has 0 aromatic rings. The van der Waals surface area contributed by atoms with Gasteiger partial charge in [0.15, 0.2) is 0 Å². The van der Waals surface area contributed by atoms with Crippen molar-refractivity contribution < 1.29 is 8.42 Å². The summed E-state index contributed by atoms with van der Waals surface area (Å²) in [5, 5.41) is 3.46. The summed E-state index contributed by atoms with van der Waals surface area (Å²) >= 11 is 0. The van der Waals surface area contributed by atoms with E-state index in [1.807, 2.05) is 0 Å². The van der Waals surface area contributed by atoms with Crippen molar-refractivity contribution >= 4 is 9.84 Å². The summed E-state index contributed by atoms with van der Waals surface area (Å²) in [4.78, 5) is 0. The molecule has 4 heteroatoms. The SMILES string of the molecule is CCS(=O)(=O)CCC(C)(C)CNC1CC1. The molecule has 1 aliphatic rings. The Bertz CT molecular complexity index is 292. The largest absolute Gasteiger partial charge is 0.313 e. The summed E-state index contributed by atoms with van der Waals surface area (Å²) in [7, 11) is -2.80. The monoisotopic (exact) mass is 233 g/mol.